The predicted molar refractivity (Wildman–Crippen MR) is 77.8 cm³/mol. The van der Waals surface area contributed by atoms with E-state index in [4.69, 9.17) is 23.2 Å². The number of nitrogens with one attached hydrogen (secondary N) is 1. The Labute approximate surface area is 120 Å². The number of anilines is 1. The molecule has 0 aliphatic heterocycles. The van der Waals surface area contributed by atoms with Gasteiger partial charge in [0.2, 0.25) is 5.13 Å². The molecule has 0 radical (unpaired) electrons. The quantitative estimate of drug-likeness (QED) is 0.898. The van der Waals surface area contributed by atoms with Crippen LogP contribution in [0.5, 0.6) is 0 Å². The molecule has 96 valence electrons. The molecule has 2 aromatic rings. The maximum absolute atomic E-state index is 6.00. The van der Waals surface area contributed by atoms with E-state index in [1.165, 1.54) is 0 Å². The molecule has 1 aromatic carbocycles. The number of halogens is 2. The Bertz CT molecular complexity index is 542. The largest absolute Gasteiger partial charge is 0.354 e. The minimum atomic E-state index is 0.109. The van der Waals surface area contributed by atoms with Crippen LogP contribution in [0.15, 0.2) is 18.2 Å². The SMILES string of the molecule is CCc1nnc(NC(C)c2ccc(Cl)c(Cl)c2)s1. The number of hydrogen-bond donors (Lipinski definition) is 1. The van der Waals surface area contributed by atoms with E-state index in [2.05, 4.69) is 22.4 Å². The third-order valence-corrected chi connectivity index (χ3v) is 4.29. The van der Waals surface area contributed by atoms with Crippen LogP contribution in [0.1, 0.15) is 30.5 Å². The van der Waals surface area contributed by atoms with Crippen LogP contribution in [-0.2, 0) is 6.42 Å². The second-order valence-electron chi connectivity index (χ2n) is 3.89. The fourth-order valence-corrected chi connectivity index (χ4v) is 2.58. The van der Waals surface area contributed by atoms with Gasteiger partial charge >= 0.3 is 0 Å². The molecular formula is C12H13Cl2N3S. The summed E-state index contributed by atoms with van der Waals surface area (Å²) in [7, 11) is 0. The van der Waals surface area contributed by atoms with Crippen LogP contribution in [0.2, 0.25) is 10.0 Å². The molecule has 0 bridgehead atoms. The van der Waals surface area contributed by atoms with E-state index in [9.17, 15) is 0 Å². The molecule has 18 heavy (non-hydrogen) atoms. The van der Waals surface area contributed by atoms with Gasteiger partial charge in [-0.2, -0.15) is 0 Å². The maximum Gasteiger partial charge on any atom is 0.206 e. The van der Waals surface area contributed by atoms with Gasteiger partial charge in [-0.05, 0) is 31.0 Å². The Hall–Kier alpha value is -0.840. The first kappa shape index (κ1) is 13.6. The number of nitrogens with zero attached hydrogens (tertiary/aromatic N) is 2. The first-order valence-electron chi connectivity index (χ1n) is 5.64. The van der Waals surface area contributed by atoms with Gasteiger partial charge in [-0.15, -0.1) is 10.2 Å². The van der Waals surface area contributed by atoms with E-state index in [1.807, 2.05) is 19.1 Å². The van der Waals surface area contributed by atoms with Crippen molar-refractivity contribution in [3.8, 4) is 0 Å². The highest BCUT2D eigenvalue weighted by Crippen LogP contribution is 2.28. The molecule has 2 rings (SSSR count). The van der Waals surface area contributed by atoms with E-state index in [1.54, 1.807) is 17.4 Å². The molecular weight excluding hydrogens is 289 g/mol. The highest BCUT2D eigenvalue weighted by molar-refractivity contribution is 7.15. The zero-order valence-electron chi connectivity index (χ0n) is 10.1. The van der Waals surface area contributed by atoms with Gasteiger partial charge in [-0.3, -0.25) is 0 Å². The van der Waals surface area contributed by atoms with Crippen molar-refractivity contribution in [3.05, 3.63) is 38.8 Å². The minimum absolute atomic E-state index is 0.109. The zero-order chi connectivity index (χ0) is 13.1. The second-order valence-corrected chi connectivity index (χ2v) is 5.77. The van der Waals surface area contributed by atoms with Gasteiger partial charge in [-0.1, -0.05) is 47.5 Å². The van der Waals surface area contributed by atoms with Crippen LogP contribution in [0.3, 0.4) is 0 Å². The van der Waals surface area contributed by atoms with Crippen molar-refractivity contribution >= 4 is 39.7 Å². The second kappa shape index (κ2) is 5.87. The lowest BCUT2D eigenvalue weighted by atomic mass is 10.1. The Kier molecular flexibility index (Phi) is 4.43. The van der Waals surface area contributed by atoms with Crippen molar-refractivity contribution < 1.29 is 0 Å². The summed E-state index contributed by atoms with van der Waals surface area (Å²) < 4.78 is 0. The predicted octanol–water partition coefficient (Wildman–Crippen LogP) is 4.58. The van der Waals surface area contributed by atoms with Crippen LogP contribution in [0, 0.1) is 0 Å². The molecule has 0 amide bonds. The first-order valence-corrected chi connectivity index (χ1v) is 7.21. The van der Waals surface area contributed by atoms with Crippen LogP contribution in [0.25, 0.3) is 0 Å². The van der Waals surface area contributed by atoms with Crippen molar-refractivity contribution in [2.45, 2.75) is 26.3 Å². The normalized spacial score (nSPS) is 12.4. The highest BCUT2D eigenvalue weighted by Gasteiger charge is 2.10. The molecule has 0 fully saturated rings. The average Bonchev–Trinajstić information content (AvgIpc) is 2.80. The van der Waals surface area contributed by atoms with Crippen molar-refractivity contribution in [2.24, 2.45) is 0 Å². The lowest BCUT2D eigenvalue weighted by Crippen LogP contribution is -2.06. The molecule has 6 heteroatoms. The lowest BCUT2D eigenvalue weighted by Gasteiger charge is -2.13. The van der Waals surface area contributed by atoms with Crippen molar-refractivity contribution in [1.82, 2.24) is 10.2 Å². The summed E-state index contributed by atoms with van der Waals surface area (Å²) >= 11 is 13.5. The third kappa shape index (κ3) is 3.13. The first-order chi connectivity index (χ1) is 8.60. The van der Waals surface area contributed by atoms with Gasteiger partial charge in [0.15, 0.2) is 0 Å². The van der Waals surface area contributed by atoms with Gasteiger partial charge in [0.1, 0.15) is 5.01 Å². The average molecular weight is 302 g/mol. The number of rotatable bonds is 4. The molecule has 1 aromatic heterocycles. The molecule has 0 saturated heterocycles. The molecule has 0 aliphatic rings. The fraction of sp³-hybridized carbons (Fsp3) is 0.333. The van der Waals surface area contributed by atoms with Crippen LogP contribution in [0.4, 0.5) is 5.13 Å². The third-order valence-electron chi connectivity index (χ3n) is 2.55. The summed E-state index contributed by atoms with van der Waals surface area (Å²) in [6.45, 7) is 4.11. The van der Waals surface area contributed by atoms with Crippen molar-refractivity contribution in [1.29, 1.82) is 0 Å². The summed E-state index contributed by atoms with van der Waals surface area (Å²) in [5, 5.41) is 14.4. The number of benzene rings is 1. The summed E-state index contributed by atoms with van der Waals surface area (Å²) in [5.41, 5.74) is 1.07. The summed E-state index contributed by atoms with van der Waals surface area (Å²) in [6.07, 6.45) is 0.903. The molecule has 1 heterocycles. The minimum Gasteiger partial charge on any atom is -0.354 e. The fourth-order valence-electron chi connectivity index (χ4n) is 1.51. The molecule has 3 nitrogen and oxygen atoms in total. The number of aromatic nitrogens is 2. The van der Waals surface area contributed by atoms with E-state index in [0.717, 1.165) is 22.1 Å². The van der Waals surface area contributed by atoms with Gasteiger partial charge in [0, 0.05) is 0 Å². The van der Waals surface area contributed by atoms with Crippen molar-refractivity contribution in [2.75, 3.05) is 5.32 Å². The van der Waals surface area contributed by atoms with Gasteiger partial charge in [-0.25, -0.2) is 0 Å². The summed E-state index contributed by atoms with van der Waals surface area (Å²) in [5.74, 6) is 0. The van der Waals surface area contributed by atoms with Crippen molar-refractivity contribution in [3.63, 3.8) is 0 Å². The Morgan fingerprint density at radius 2 is 2.06 bits per heavy atom. The Balaban J connectivity index is 2.11. The summed E-state index contributed by atoms with van der Waals surface area (Å²) in [4.78, 5) is 0. The zero-order valence-corrected chi connectivity index (χ0v) is 12.4. The van der Waals surface area contributed by atoms with E-state index < -0.39 is 0 Å². The van der Waals surface area contributed by atoms with Crippen LogP contribution < -0.4 is 5.32 Å². The van der Waals surface area contributed by atoms with Gasteiger partial charge in [0.05, 0.1) is 16.1 Å². The lowest BCUT2D eigenvalue weighted by molar-refractivity contribution is 0.870. The number of aryl methyl sites for hydroxylation is 1. The number of hydrogen-bond acceptors (Lipinski definition) is 4. The molecule has 0 aliphatic carbocycles. The topological polar surface area (TPSA) is 37.8 Å². The summed E-state index contributed by atoms with van der Waals surface area (Å²) in [6, 6.07) is 5.73. The van der Waals surface area contributed by atoms with E-state index in [0.29, 0.717) is 10.0 Å². The highest BCUT2D eigenvalue weighted by atomic mass is 35.5. The van der Waals surface area contributed by atoms with Crippen LogP contribution >= 0.6 is 34.5 Å². The Morgan fingerprint density at radius 1 is 1.28 bits per heavy atom. The molecule has 1 atom stereocenters. The monoisotopic (exact) mass is 301 g/mol. The van der Waals surface area contributed by atoms with Gasteiger partial charge < -0.3 is 5.32 Å². The molecule has 1 unspecified atom stereocenters. The van der Waals surface area contributed by atoms with Gasteiger partial charge in [0.25, 0.3) is 0 Å². The van der Waals surface area contributed by atoms with E-state index >= 15 is 0 Å². The van der Waals surface area contributed by atoms with Crippen LogP contribution in [-0.4, -0.2) is 10.2 Å². The smallest absolute Gasteiger partial charge is 0.206 e. The molecule has 0 spiro atoms. The van der Waals surface area contributed by atoms with E-state index in [-0.39, 0.29) is 6.04 Å². The standard InChI is InChI=1S/C12H13Cl2N3S/c1-3-11-16-17-12(18-11)15-7(2)8-4-5-9(13)10(14)6-8/h4-7H,3H2,1-2H3,(H,15,17). The maximum atomic E-state index is 6.00. The molecule has 0 saturated carbocycles. The molecule has 1 N–H and O–H groups in total. The Morgan fingerprint density at radius 3 is 2.67 bits per heavy atom.